The lowest BCUT2D eigenvalue weighted by Crippen LogP contribution is -1.93. The first kappa shape index (κ1) is 21.9. The fourth-order valence-corrected chi connectivity index (χ4v) is 4.97. The monoisotopic (exact) mass is 449 g/mol. The molecule has 31 heavy (non-hydrogen) atoms. The molecule has 10 heteroatoms. The summed E-state index contributed by atoms with van der Waals surface area (Å²) >= 11 is 1.34. The molecule has 0 saturated heterocycles. The maximum Gasteiger partial charge on any atom is 0.365 e. The summed E-state index contributed by atoms with van der Waals surface area (Å²) in [5, 5.41) is 0. The lowest BCUT2D eigenvalue weighted by atomic mass is 10.3. The fraction of sp³-hybridized carbons (Fsp3) is 0. The molecule has 3 aromatic rings. The molecule has 152 valence electrons. The molecule has 0 aliphatic heterocycles. The highest BCUT2D eigenvalue weighted by molar-refractivity contribution is 8.53. The van der Waals surface area contributed by atoms with Crippen molar-refractivity contribution < 1.29 is 23.4 Å². The molecule has 3 rings (SSSR count). The minimum atomic E-state index is -1.55. The maximum absolute atomic E-state index is 10.4. The number of carbonyl (C=O) groups excluding carboxylic acids is 3. The second kappa shape index (κ2) is 11.4. The van der Waals surface area contributed by atoms with Gasteiger partial charge in [-0.2, -0.15) is 15.0 Å². The van der Waals surface area contributed by atoms with E-state index in [9.17, 15) is 14.4 Å². The van der Waals surface area contributed by atoms with Gasteiger partial charge < -0.3 is 9.05 Å². The zero-order chi connectivity index (χ0) is 21.9. The molecular formula is C21H12N3O5PS. The van der Waals surface area contributed by atoms with Crippen molar-refractivity contribution in [2.45, 2.75) is 4.90 Å². The van der Waals surface area contributed by atoms with Crippen LogP contribution in [0.15, 0.2) is 92.7 Å². The average Bonchev–Trinajstić information content (AvgIpc) is 2.78. The van der Waals surface area contributed by atoms with Gasteiger partial charge in [-0.1, -0.05) is 0 Å². The van der Waals surface area contributed by atoms with Gasteiger partial charge in [0.05, 0.1) is 17.1 Å². The summed E-state index contributed by atoms with van der Waals surface area (Å²) in [6.07, 6.45) is 4.46. The van der Waals surface area contributed by atoms with Crippen LogP contribution in [0.4, 0.5) is 17.1 Å². The molecule has 0 fully saturated rings. The van der Waals surface area contributed by atoms with Gasteiger partial charge >= 0.3 is 7.58 Å². The summed E-state index contributed by atoms with van der Waals surface area (Å²) in [5.41, 5.74) is 1.40. The first-order valence-electron chi connectivity index (χ1n) is 8.58. The maximum atomic E-state index is 10.4. The fourth-order valence-electron chi connectivity index (χ4n) is 2.22. The molecule has 0 spiro atoms. The molecule has 0 aromatic heterocycles. The van der Waals surface area contributed by atoms with Gasteiger partial charge in [0.15, 0.2) is 0 Å². The zero-order valence-corrected chi connectivity index (χ0v) is 17.4. The van der Waals surface area contributed by atoms with Crippen LogP contribution in [0.2, 0.25) is 0 Å². The van der Waals surface area contributed by atoms with E-state index in [1.165, 1.54) is 29.6 Å². The van der Waals surface area contributed by atoms with Crippen molar-refractivity contribution in [3.05, 3.63) is 72.8 Å². The zero-order valence-electron chi connectivity index (χ0n) is 15.7. The van der Waals surface area contributed by atoms with Crippen LogP contribution >= 0.6 is 19.0 Å². The Morgan fingerprint density at radius 3 is 1.29 bits per heavy atom. The van der Waals surface area contributed by atoms with Crippen molar-refractivity contribution in [3.63, 3.8) is 0 Å². The van der Waals surface area contributed by atoms with Crippen LogP contribution in [0.3, 0.4) is 0 Å². The highest BCUT2D eigenvalue weighted by Gasteiger charge is 2.18. The predicted octanol–water partition coefficient (Wildman–Crippen LogP) is 6.07. The second-order valence-electron chi connectivity index (χ2n) is 5.59. The summed E-state index contributed by atoms with van der Waals surface area (Å²) < 4.78 is 12.0. The Morgan fingerprint density at radius 2 is 0.935 bits per heavy atom. The minimum absolute atomic E-state index is 0.456. The van der Waals surface area contributed by atoms with Crippen LogP contribution in [0.5, 0.6) is 11.5 Å². The largest absolute Gasteiger partial charge is 0.431 e. The number of rotatable bonds is 9. The van der Waals surface area contributed by atoms with Gasteiger partial charge in [0.25, 0.3) is 0 Å². The topological polar surface area (TPSA) is 107 Å². The highest BCUT2D eigenvalue weighted by atomic mass is 32.7. The van der Waals surface area contributed by atoms with Gasteiger partial charge in [-0.05, 0) is 84.2 Å². The number of nitrogens with zero attached hydrogens (tertiary/aromatic N) is 3. The van der Waals surface area contributed by atoms with Gasteiger partial charge in [-0.25, -0.2) is 14.4 Å². The van der Waals surface area contributed by atoms with Gasteiger partial charge in [-0.15, -0.1) is 0 Å². The third-order valence-electron chi connectivity index (χ3n) is 3.57. The quantitative estimate of drug-likeness (QED) is 0.223. The van der Waals surface area contributed by atoms with E-state index in [0.717, 1.165) is 4.90 Å². The second-order valence-corrected chi connectivity index (χ2v) is 8.50. The van der Waals surface area contributed by atoms with Crippen molar-refractivity contribution in [1.82, 2.24) is 0 Å². The SMILES string of the molecule is O=C=Nc1ccc(OP(Oc2ccc(N=C=O)cc2)Sc2ccc(N=C=O)cc2)cc1. The molecule has 0 N–H and O–H groups in total. The third-order valence-corrected chi connectivity index (χ3v) is 6.45. The van der Waals surface area contributed by atoms with Gasteiger partial charge in [0, 0.05) is 4.90 Å². The summed E-state index contributed by atoms with van der Waals surface area (Å²) in [4.78, 5) is 42.6. The summed E-state index contributed by atoms with van der Waals surface area (Å²) in [7, 11) is -1.55. The van der Waals surface area contributed by atoms with Crippen molar-refractivity contribution in [2.75, 3.05) is 0 Å². The minimum Gasteiger partial charge on any atom is -0.431 e. The molecule has 0 atom stereocenters. The number of isocyanates is 3. The van der Waals surface area contributed by atoms with E-state index in [1.807, 2.05) is 0 Å². The summed E-state index contributed by atoms with van der Waals surface area (Å²) in [5.74, 6) is 1.04. The molecule has 0 heterocycles. The molecule has 0 saturated carbocycles. The first-order valence-corrected chi connectivity index (χ1v) is 11.2. The van der Waals surface area contributed by atoms with Crippen LogP contribution < -0.4 is 9.05 Å². The molecule has 0 aliphatic carbocycles. The van der Waals surface area contributed by atoms with Gasteiger partial charge in [0.1, 0.15) is 11.5 Å². The molecule has 0 bridgehead atoms. The average molecular weight is 449 g/mol. The third kappa shape index (κ3) is 6.88. The predicted molar refractivity (Wildman–Crippen MR) is 117 cm³/mol. The van der Waals surface area contributed by atoms with Crippen LogP contribution in [-0.2, 0) is 14.4 Å². The van der Waals surface area contributed by atoms with E-state index in [4.69, 9.17) is 9.05 Å². The van der Waals surface area contributed by atoms with Crippen molar-refractivity contribution in [1.29, 1.82) is 0 Å². The van der Waals surface area contributed by atoms with Gasteiger partial charge in [-0.3, -0.25) is 0 Å². The molecule has 0 amide bonds. The van der Waals surface area contributed by atoms with Gasteiger partial charge in [0.2, 0.25) is 18.2 Å². The molecular weight excluding hydrogens is 437 g/mol. The molecule has 0 unspecified atom stereocenters. The summed E-state index contributed by atoms with van der Waals surface area (Å²) in [6.45, 7) is 0. The van der Waals surface area contributed by atoms with E-state index in [1.54, 1.807) is 72.8 Å². The van der Waals surface area contributed by atoms with Crippen LogP contribution in [0.1, 0.15) is 0 Å². The first-order chi connectivity index (χ1) is 15.2. The van der Waals surface area contributed by atoms with E-state index in [2.05, 4.69) is 15.0 Å². The number of hydrogen-bond acceptors (Lipinski definition) is 9. The molecule has 8 nitrogen and oxygen atoms in total. The number of hydrogen-bond donors (Lipinski definition) is 0. The van der Waals surface area contributed by atoms with Crippen molar-refractivity contribution in [2.24, 2.45) is 15.0 Å². The Balaban J connectivity index is 1.80. The lowest BCUT2D eigenvalue weighted by molar-refractivity contribution is 0.509. The van der Waals surface area contributed by atoms with E-state index in [0.29, 0.717) is 28.6 Å². The Hall–Kier alpha value is -3.82. The van der Waals surface area contributed by atoms with Crippen LogP contribution in [0, 0.1) is 0 Å². The van der Waals surface area contributed by atoms with Crippen molar-refractivity contribution in [3.8, 4) is 11.5 Å². The standard InChI is InChI=1S/C21H12N3O5PS/c25-13-22-16-1-7-19(8-2-16)28-30(29-20-9-3-17(4-10-20)23-14-26)31-21-11-5-18(6-12-21)24-15-27/h1-12H. The van der Waals surface area contributed by atoms with Crippen LogP contribution in [0.25, 0.3) is 0 Å². The van der Waals surface area contributed by atoms with Crippen molar-refractivity contribution >= 4 is 54.3 Å². The molecule has 3 aromatic carbocycles. The Bertz CT molecular complexity index is 1020. The Kier molecular flexibility index (Phi) is 8.04. The summed E-state index contributed by atoms with van der Waals surface area (Å²) in [6, 6.07) is 20.1. The Morgan fingerprint density at radius 1 is 0.581 bits per heavy atom. The smallest absolute Gasteiger partial charge is 0.365 e. The van der Waals surface area contributed by atoms with E-state index >= 15 is 0 Å². The highest BCUT2D eigenvalue weighted by Crippen LogP contribution is 2.55. The lowest BCUT2D eigenvalue weighted by Gasteiger charge is -2.18. The number of benzene rings is 3. The molecule has 0 aliphatic rings. The Labute approximate surface area is 182 Å². The molecule has 0 radical (unpaired) electrons. The van der Waals surface area contributed by atoms with E-state index in [-0.39, 0.29) is 0 Å². The normalized spacial score (nSPS) is 10.6. The van der Waals surface area contributed by atoms with Crippen LogP contribution in [-0.4, -0.2) is 18.2 Å². The van der Waals surface area contributed by atoms with E-state index < -0.39 is 7.58 Å². The number of aliphatic imine (C=N–C) groups is 3.